The third-order valence-corrected chi connectivity index (χ3v) is 10.7. The van der Waals surface area contributed by atoms with E-state index in [0.29, 0.717) is 32.5 Å². The number of nitrogens with one attached hydrogen (secondary N) is 5. The van der Waals surface area contributed by atoms with E-state index in [4.69, 9.17) is 9.47 Å². The minimum Gasteiger partial charge on any atom is -0.372 e. The maximum Gasteiger partial charge on any atom is 0.248 e. The molecule has 0 radical (unpaired) electrons. The summed E-state index contributed by atoms with van der Waals surface area (Å²) in [6, 6.07) is 4.56. The number of fused-ring (bicyclic) bond motifs is 1. The summed E-state index contributed by atoms with van der Waals surface area (Å²) in [6.45, 7) is 8.94. The van der Waals surface area contributed by atoms with Crippen LogP contribution in [0.5, 0.6) is 0 Å². The third kappa shape index (κ3) is 11.3. The molecular weight excluding hydrogens is 678 g/mol. The van der Waals surface area contributed by atoms with Gasteiger partial charge >= 0.3 is 0 Å². The van der Waals surface area contributed by atoms with Gasteiger partial charge in [-0.05, 0) is 97.9 Å². The van der Waals surface area contributed by atoms with E-state index in [1.807, 2.05) is 12.1 Å². The SMILES string of the molecule is CN[C@@H](C)C(=O)N[C@H](C(=O)N1CCCC1)[C@@H](C)OC/C=C/CO[C@H](C)[C@H](NC(=O)[C@H](C)NC)C(=O)N1CCC[C@H]1C(=O)N[C@@H]1CCCc2ccccc21. The molecule has 2 fully saturated rings. The first-order chi connectivity index (χ1) is 25.5. The fourth-order valence-electron chi connectivity index (χ4n) is 7.11. The van der Waals surface area contributed by atoms with E-state index in [1.54, 1.807) is 63.7 Å². The summed E-state index contributed by atoms with van der Waals surface area (Å²) in [4.78, 5) is 70.1. The van der Waals surface area contributed by atoms with Crippen molar-refractivity contribution < 1.29 is 33.4 Å². The molecular formula is C39H61N7O7. The van der Waals surface area contributed by atoms with Crippen molar-refractivity contribution in [2.75, 3.05) is 46.9 Å². The summed E-state index contributed by atoms with van der Waals surface area (Å²) < 4.78 is 12.0. The number of nitrogens with zero attached hydrogens (tertiary/aromatic N) is 2. The number of carbonyl (C=O) groups excluding carboxylic acids is 5. The van der Waals surface area contributed by atoms with Crippen LogP contribution in [0.3, 0.4) is 0 Å². The fourth-order valence-corrected chi connectivity index (χ4v) is 7.11. The molecule has 5 N–H and O–H groups in total. The molecule has 1 aromatic rings. The molecule has 0 spiro atoms. The molecule has 5 amide bonds. The largest absolute Gasteiger partial charge is 0.372 e. The summed E-state index contributed by atoms with van der Waals surface area (Å²) in [7, 11) is 3.35. The van der Waals surface area contributed by atoms with Crippen LogP contribution in [0.2, 0.25) is 0 Å². The lowest BCUT2D eigenvalue weighted by molar-refractivity contribution is -0.145. The van der Waals surface area contributed by atoms with Crippen molar-refractivity contribution in [3.8, 4) is 0 Å². The van der Waals surface area contributed by atoms with E-state index in [1.165, 1.54) is 5.56 Å². The van der Waals surface area contributed by atoms with Gasteiger partial charge in [0, 0.05) is 19.6 Å². The molecule has 2 saturated heterocycles. The number of rotatable bonds is 18. The lowest BCUT2D eigenvalue weighted by Crippen LogP contribution is -2.59. The molecule has 1 aliphatic carbocycles. The van der Waals surface area contributed by atoms with Crippen molar-refractivity contribution in [2.24, 2.45) is 0 Å². The Morgan fingerprint density at radius 1 is 0.755 bits per heavy atom. The number of likely N-dealkylation sites (tertiary alicyclic amines) is 2. The number of carbonyl (C=O) groups is 5. The highest BCUT2D eigenvalue weighted by Crippen LogP contribution is 2.30. The molecule has 3 aliphatic rings. The minimum atomic E-state index is -1.02. The number of likely N-dealkylation sites (N-methyl/N-ethyl adjacent to an activating group) is 2. The zero-order valence-electron chi connectivity index (χ0n) is 32.3. The van der Waals surface area contributed by atoms with Crippen LogP contribution in [-0.2, 0) is 39.9 Å². The average molecular weight is 740 g/mol. The van der Waals surface area contributed by atoms with Crippen LogP contribution in [0.15, 0.2) is 36.4 Å². The Morgan fingerprint density at radius 2 is 1.32 bits per heavy atom. The standard InChI is InChI=1S/C39H61N7O7/c1-25(40-5)35(47)43-33(38(50)45-20-9-10-21-45)27(3)52-23-11-12-24-53-28(4)34(44-36(48)26(2)41-6)39(51)46-22-14-19-32(46)37(49)42-31-18-13-16-29-15-7-8-17-30(29)31/h7-8,11-12,15,17,25-28,31-34,40-41H,9-10,13-14,16,18-24H2,1-6H3,(H,42,49)(H,43,47)(H,44,48)/b12-11+/t25-,26-,27+,28+,31+,32-,33-,34-/m0/s1. The molecule has 14 heteroatoms. The molecule has 0 aromatic heterocycles. The first-order valence-electron chi connectivity index (χ1n) is 19.3. The second-order valence-electron chi connectivity index (χ2n) is 14.4. The van der Waals surface area contributed by atoms with Crippen LogP contribution < -0.4 is 26.6 Å². The van der Waals surface area contributed by atoms with E-state index in [2.05, 4.69) is 38.7 Å². The number of aryl methyl sites for hydroxylation is 1. The molecule has 1 aromatic carbocycles. The summed E-state index contributed by atoms with van der Waals surface area (Å²) in [5.74, 6) is -1.34. The highest BCUT2D eigenvalue weighted by molar-refractivity contribution is 5.94. The third-order valence-electron chi connectivity index (χ3n) is 10.7. The lowest BCUT2D eigenvalue weighted by Gasteiger charge is -2.33. The van der Waals surface area contributed by atoms with Gasteiger partial charge in [-0.15, -0.1) is 0 Å². The van der Waals surface area contributed by atoms with Crippen molar-refractivity contribution in [2.45, 2.75) is 121 Å². The van der Waals surface area contributed by atoms with Crippen LogP contribution in [0, 0.1) is 0 Å². The van der Waals surface area contributed by atoms with Crippen molar-refractivity contribution in [1.29, 1.82) is 0 Å². The molecule has 2 aliphatic heterocycles. The summed E-state index contributed by atoms with van der Waals surface area (Å²) in [5.41, 5.74) is 2.37. The Hall–Kier alpha value is -3.85. The molecule has 14 nitrogen and oxygen atoms in total. The van der Waals surface area contributed by atoms with Gasteiger partial charge in [-0.3, -0.25) is 24.0 Å². The van der Waals surface area contributed by atoms with Crippen LogP contribution in [0.4, 0.5) is 0 Å². The van der Waals surface area contributed by atoms with Gasteiger partial charge in [0.05, 0.1) is 43.5 Å². The number of hydrogen-bond donors (Lipinski definition) is 5. The van der Waals surface area contributed by atoms with E-state index in [-0.39, 0.29) is 48.8 Å². The highest BCUT2D eigenvalue weighted by atomic mass is 16.5. The molecule has 2 heterocycles. The predicted octanol–water partition coefficient (Wildman–Crippen LogP) is 1.35. The van der Waals surface area contributed by atoms with E-state index in [9.17, 15) is 24.0 Å². The van der Waals surface area contributed by atoms with Crippen LogP contribution >= 0.6 is 0 Å². The number of benzene rings is 1. The lowest BCUT2D eigenvalue weighted by atomic mass is 9.87. The van der Waals surface area contributed by atoms with Crippen molar-refractivity contribution in [1.82, 2.24) is 36.4 Å². The van der Waals surface area contributed by atoms with Gasteiger partial charge < -0.3 is 45.9 Å². The van der Waals surface area contributed by atoms with E-state index < -0.39 is 42.4 Å². The van der Waals surface area contributed by atoms with Crippen molar-refractivity contribution in [3.05, 3.63) is 47.5 Å². The first kappa shape index (κ1) is 41.9. The van der Waals surface area contributed by atoms with E-state index in [0.717, 1.165) is 37.7 Å². The monoisotopic (exact) mass is 739 g/mol. The van der Waals surface area contributed by atoms with Gasteiger partial charge in [0.1, 0.15) is 18.1 Å². The minimum absolute atomic E-state index is 0.102. The van der Waals surface area contributed by atoms with Crippen molar-refractivity contribution >= 4 is 29.5 Å². The van der Waals surface area contributed by atoms with Gasteiger partial charge in [-0.2, -0.15) is 0 Å². The Bertz CT molecular complexity index is 1430. The second-order valence-corrected chi connectivity index (χ2v) is 14.4. The van der Waals surface area contributed by atoms with Crippen molar-refractivity contribution in [3.63, 3.8) is 0 Å². The Labute approximate surface area is 314 Å². The Kier molecular flexibility index (Phi) is 16.3. The molecule has 4 rings (SSSR count). The topological polar surface area (TPSA) is 170 Å². The van der Waals surface area contributed by atoms with Gasteiger partial charge in [0.25, 0.3) is 0 Å². The molecule has 294 valence electrons. The zero-order valence-corrected chi connectivity index (χ0v) is 32.3. The summed E-state index contributed by atoms with van der Waals surface area (Å²) >= 11 is 0. The quantitative estimate of drug-likeness (QED) is 0.140. The zero-order chi connectivity index (χ0) is 38.5. The molecule has 0 unspecified atom stereocenters. The van der Waals surface area contributed by atoms with Gasteiger partial charge in [-0.25, -0.2) is 0 Å². The fraction of sp³-hybridized carbons (Fsp3) is 0.667. The number of hydrogen-bond acceptors (Lipinski definition) is 9. The summed E-state index contributed by atoms with van der Waals surface area (Å²) in [6.07, 6.45) is 8.08. The second kappa shape index (κ2) is 20.6. The van der Waals surface area contributed by atoms with Gasteiger partial charge in [0.2, 0.25) is 29.5 Å². The highest BCUT2D eigenvalue weighted by Gasteiger charge is 2.41. The smallest absolute Gasteiger partial charge is 0.248 e. The Morgan fingerprint density at radius 3 is 1.91 bits per heavy atom. The first-order valence-corrected chi connectivity index (χ1v) is 19.3. The van der Waals surface area contributed by atoms with Gasteiger partial charge in [-0.1, -0.05) is 36.4 Å². The molecule has 53 heavy (non-hydrogen) atoms. The number of ether oxygens (including phenoxy) is 2. The predicted molar refractivity (Wildman–Crippen MR) is 202 cm³/mol. The summed E-state index contributed by atoms with van der Waals surface area (Å²) in [5, 5.41) is 14.7. The molecule has 0 bridgehead atoms. The molecule has 0 saturated carbocycles. The molecule has 8 atom stereocenters. The van der Waals surface area contributed by atoms with E-state index >= 15 is 0 Å². The van der Waals surface area contributed by atoms with Crippen LogP contribution in [0.25, 0.3) is 0 Å². The number of amides is 5. The van der Waals surface area contributed by atoms with Crippen LogP contribution in [-0.4, -0.2) is 129 Å². The van der Waals surface area contributed by atoms with Gasteiger partial charge in [0.15, 0.2) is 0 Å². The normalized spacial score (nSPS) is 22.0. The Balaban J connectivity index is 1.35. The van der Waals surface area contributed by atoms with Crippen LogP contribution in [0.1, 0.15) is 83.4 Å². The average Bonchev–Trinajstić information content (AvgIpc) is 3.90. The maximum absolute atomic E-state index is 14.1. The maximum atomic E-state index is 14.1.